The van der Waals surface area contributed by atoms with Crippen LogP contribution in [0.15, 0.2) is 66.7 Å². The molecule has 0 radical (unpaired) electrons. The Labute approximate surface area is 181 Å². The molecule has 0 fully saturated rings. The number of hydrogen-bond donors (Lipinski definition) is 0. The van der Waals surface area contributed by atoms with E-state index in [0.717, 1.165) is 34.4 Å². The molecule has 0 aromatic heterocycles. The van der Waals surface area contributed by atoms with Gasteiger partial charge in [-0.05, 0) is 73.4 Å². The normalized spacial score (nSPS) is 14.8. The van der Waals surface area contributed by atoms with Crippen LogP contribution in [0.3, 0.4) is 0 Å². The Morgan fingerprint density at radius 3 is 2.68 bits per heavy atom. The number of esters is 1. The van der Waals surface area contributed by atoms with Gasteiger partial charge in [-0.2, -0.15) is 0 Å². The Hall–Kier alpha value is -3.34. The van der Waals surface area contributed by atoms with Gasteiger partial charge in [0.25, 0.3) is 0 Å². The molecule has 5 heteroatoms. The quantitative estimate of drug-likeness (QED) is 0.471. The minimum absolute atomic E-state index is 0.117. The van der Waals surface area contributed by atoms with E-state index in [1.165, 1.54) is 12.1 Å². The van der Waals surface area contributed by atoms with Crippen LogP contribution >= 0.6 is 0 Å². The molecule has 31 heavy (non-hydrogen) atoms. The van der Waals surface area contributed by atoms with Gasteiger partial charge < -0.3 is 14.2 Å². The van der Waals surface area contributed by atoms with E-state index in [0.29, 0.717) is 12.4 Å². The Bertz CT molecular complexity index is 1080. The fourth-order valence-corrected chi connectivity index (χ4v) is 3.78. The van der Waals surface area contributed by atoms with Crippen molar-refractivity contribution in [3.63, 3.8) is 0 Å². The Balaban J connectivity index is 1.47. The van der Waals surface area contributed by atoms with Crippen molar-refractivity contribution in [3.05, 3.63) is 83.7 Å². The molecule has 0 N–H and O–H groups in total. The minimum atomic E-state index is -0.386. The lowest BCUT2D eigenvalue weighted by atomic mass is 9.91. The van der Waals surface area contributed by atoms with E-state index in [9.17, 15) is 9.18 Å². The highest BCUT2D eigenvalue weighted by Gasteiger charge is 2.25. The molecule has 1 aliphatic heterocycles. The molecular weight excluding hydrogens is 395 g/mol. The molecule has 1 aliphatic rings. The summed E-state index contributed by atoms with van der Waals surface area (Å²) in [6.07, 6.45) is 0.606. The number of benzene rings is 3. The van der Waals surface area contributed by atoms with Crippen LogP contribution in [0.2, 0.25) is 0 Å². The van der Waals surface area contributed by atoms with Gasteiger partial charge >= 0.3 is 5.97 Å². The number of rotatable bonds is 7. The van der Waals surface area contributed by atoms with Gasteiger partial charge in [0, 0.05) is 11.5 Å². The van der Waals surface area contributed by atoms with Gasteiger partial charge in [-0.25, -0.2) is 9.18 Å². The Kier molecular flexibility index (Phi) is 6.21. The van der Waals surface area contributed by atoms with Crippen LogP contribution < -0.4 is 9.47 Å². The molecule has 4 nitrogen and oxygen atoms in total. The Morgan fingerprint density at radius 1 is 1.06 bits per heavy atom. The number of ether oxygens (including phenoxy) is 3. The first kappa shape index (κ1) is 20.9. The van der Waals surface area contributed by atoms with Crippen molar-refractivity contribution in [1.82, 2.24) is 0 Å². The molecular formula is C26H25FO4. The maximum Gasteiger partial charge on any atom is 0.344 e. The second-order valence-electron chi connectivity index (χ2n) is 7.95. The molecule has 1 unspecified atom stereocenters. The topological polar surface area (TPSA) is 44.8 Å². The second kappa shape index (κ2) is 9.21. The standard InChI is InChI=1S/C26H25FO4/c1-17(2)31-26(28)16-29-23-8-3-5-18(12-23)11-21-15-30-25-10-9-20(14-24(21)25)19-6-4-7-22(27)13-19/h3-10,12-14,17,21H,11,15-16H2,1-2H3. The van der Waals surface area contributed by atoms with E-state index in [1.54, 1.807) is 19.9 Å². The SMILES string of the molecule is CC(C)OC(=O)COc1cccc(CC2COc3ccc(-c4cccc(F)c4)cc32)c1. The largest absolute Gasteiger partial charge is 0.493 e. The number of halogens is 1. The lowest BCUT2D eigenvalue weighted by Gasteiger charge is -2.13. The summed E-state index contributed by atoms with van der Waals surface area (Å²) in [6.45, 7) is 4.08. The van der Waals surface area contributed by atoms with Gasteiger partial charge in [0.15, 0.2) is 6.61 Å². The highest BCUT2D eigenvalue weighted by atomic mass is 19.1. The zero-order chi connectivity index (χ0) is 21.8. The lowest BCUT2D eigenvalue weighted by molar-refractivity contribution is -0.149. The maximum atomic E-state index is 13.6. The monoisotopic (exact) mass is 420 g/mol. The summed E-state index contributed by atoms with van der Waals surface area (Å²) in [5.74, 6) is 1.05. The van der Waals surface area contributed by atoms with Crippen LogP contribution in [0.1, 0.15) is 30.9 Å². The second-order valence-corrected chi connectivity index (χ2v) is 7.95. The van der Waals surface area contributed by atoms with Gasteiger partial charge in [-0.3, -0.25) is 0 Å². The van der Waals surface area contributed by atoms with E-state index in [-0.39, 0.29) is 30.4 Å². The summed E-state index contributed by atoms with van der Waals surface area (Å²) in [6, 6.07) is 20.3. The third-order valence-corrected chi connectivity index (χ3v) is 5.15. The first-order valence-electron chi connectivity index (χ1n) is 10.4. The van der Waals surface area contributed by atoms with E-state index in [4.69, 9.17) is 14.2 Å². The van der Waals surface area contributed by atoms with Crippen LogP contribution in [0, 0.1) is 5.82 Å². The fourth-order valence-electron chi connectivity index (χ4n) is 3.78. The summed E-state index contributed by atoms with van der Waals surface area (Å²) in [5.41, 5.74) is 4.02. The highest BCUT2D eigenvalue weighted by Crippen LogP contribution is 2.39. The van der Waals surface area contributed by atoms with Crippen molar-refractivity contribution in [3.8, 4) is 22.6 Å². The van der Waals surface area contributed by atoms with E-state index in [1.807, 2.05) is 42.5 Å². The van der Waals surface area contributed by atoms with Crippen LogP contribution in [0.25, 0.3) is 11.1 Å². The number of hydrogen-bond acceptors (Lipinski definition) is 4. The zero-order valence-electron chi connectivity index (χ0n) is 17.6. The number of carbonyl (C=O) groups excluding carboxylic acids is 1. The molecule has 160 valence electrons. The van der Waals surface area contributed by atoms with Gasteiger partial charge in [-0.15, -0.1) is 0 Å². The third-order valence-electron chi connectivity index (χ3n) is 5.15. The molecule has 0 saturated heterocycles. The maximum absolute atomic E-state index is 13.6. The first-order valence-corrected chi connectivity index (χ1v) is 10.4. The van der Waals surface area contributed by atoms with Crippen LogP contribution in [0.4, 0.5) is 4.39 Å². The number of fused-ring (bicyclic) bond motifs is 1. The third kappa shape index (κ3) is 5.23. The van der Waals surface area contributed by atoms with E-state index < -0.39 is 0 Å². The van der Waals surface area contributed by atoms with Gasteiger partial charge in [0.05, 0.1) is 12.7 Å². The first-order chi connectivity index (χ1) is 15.0. The molecule has 3 aromatic rings. The van der Waals surface area contributed by atoms with Crippen LogP contribution in [-0.2, 0) is 16.0 Å². The molecule has 0 bridgehead atoms. The predicted octanol–water partition coefficient (Wildman–Crippen LogP) is 5.54. The highest BCUT2D eigenvalue weighted by molar-refractivity contribution is 5.71. The molecule has 0 aliphatic carbocycles. The summed E-state index contributed by atoms with van der Waals surface area (Å²) in [4.78, 5) is 11.7. The zero-order valence-corrected chi connectivity index (χ0v) is 17.6. The summed E-state index contributed by atoms with van der Waals surface area (Å²) < 4.78 is 30.2. The summed E-state index contributed by atoms with van der Waals surface area (Å²) in [5, 5.41) is 0. The van der Waals surface area contributed by atoms with Crippen LogP contribution in [0.5, 0.6) is 11.5 Å². The van der Waals surface area contributed by atoms with Crippen molar-refractivity contribution < 1.29 is 23.4 Å². The molecule has 0 amide bonds. The smallest absolute Gasteiger partial charge is 0.344 e. The minimum Gasteiger partial charge on any atom is -0.493 e. The molecule has 1 heterocycles. The fraction of sp³-hybridized carbons (Fsp3) is 0.269. The summed E-state index contributed by atoms with van der Waals surface area (Å²) >= 11 is 0. The molecule has 3 aromatic carbocycles. The van der Waals surface area contributed by atoms with Crippen molar-refractivity contribution >= 4 is 5.97 Å². The average molecular weight is 420 g/mol. The molecule has 0 saturated carbocycles. The van der Waals surface area contributed by atoms with E-state index >= 15 is 0 Å². The number of carbonyl (C=O) groups is 1. The Morgan fingerprint density at radius 2 is 1.87 bits per heavy atom. The van der Waals surface area contributed by atoms with Crippen LogP contribution in [-0.4, -0.2) is 25.3 Å². The van der Waals surface area contributed by atoms with Crippen molar-refractivity contribution in [2.45, 2.75) is 32.3 Å². The average Bonchev–Trinajstić information content (AvgIpc) is 3.14. The predicted molar refractivity (Wildman–Crippen MR) is 117 cm³/mol. The lowest BCUT2D eigenvalue weighted by Crippen LogP contribution is -2.18. The van der Waals surface area contributed by atoms with Gasteiger partial charge in [0.2, 0.25) is 0 Å². The molecule has 1 atom stereocenters. The van der Waals surface area contributed by atoms with Crippen molar-refractivity contribution in [2.75, 3.05) is 13.2 Å². The van der Waals surface area contributed by atoms with Gasteiger partial charge in [-0.1, -0.05) is 30.3 Å². The molecule has 4 rings (SSSR count). The van der Waals surface area contributed by atoms with Crippen molar-refractivity contribution in [1.29, 1.82) is 0 Å². The van der Waals surface area contributed by atoms with E-state index in [2.05, 4.69) is 6.07 Å². The van der Waals surface area contributed by atoms with Crippen molar-refractivity contribution in [2.24, 2.45) is 0 Å². The summed E-state index contributed by atoms with van der Waals surface area (Å²) in [7, 11) is 0. The van der Waals surface area contributed by atoms with Gasteiger partial charge in [0.1, 0.15) is 17.3 Å². The molecule has 0 spiro atoms.